The van der Waals surface area contributed by atoms with Gasteiger partial charge in [-0.05, 0) is 56.4 Å². The van der Waals surface area contributed by atoms with Gasteiger partial charge in [0.1, 0.15) is 0 Å². The predicted octanol–water partition coefficient (Wildman–Crippen LogP) is 4.57. The van der Waals surface area contributed by atoms with Gasteiger partial charge in [0, 0.05) is 23.3 Å². The minimum Gasteiger partial charge on any atom is -0.379 e. The summed E-state index contributed by atoms with van der Waals surface area (Å²) >= 11 is 5.91. The Labute approximate surface area is 126 Å². The molecule has 2 aromatic rings. The van der Waals surface area contributed by atoms with E-state index in [-0.39, 0.29) is 6.04 Å². The molecule has 20 heavy (non-hydrogen) atoms. The zero-order valence-corrected chi connectivity index (χ0v) is 13.0. The van der Waals surface area contributed by atoms with Gasteiger partial charge in [-0.2, -0.15) is 0 Å². The first kappa shape index (κ1) is 14.9. The Morgan fingerprint density at radius 2 is 1.60 bits per heavy atom. The first-order valence-corrected chi connectivity index (χ1v) is 7.18. The van der Waals surface area contributed by atoms with E-state index >= 15 is 0 Å². The quantitative estimate of drug-likeness (QED) is 0.867. The maximum absolute atomic E-state index is 5.91. The van der Waals surface area contributed by atoms with Gasteiger partial charge in [-0.3, -0.25) is 0 Å². The molecule has 2 rings (SSSR count). The molecular weight excluding hydrogens is 268 g/mol. The van der Waals surface area contributed by atoms with Crippen molar-refractivity contribution in [3.63, 3.8) is 0 Å². The lowest BCUT2D eigenvalue weighted by Crippen LogP contribution is -2.11. The first-order valence-electron chi connectivity index (χ1n) is 6.80. The highest BCUT2D eigenvalue weighted by atomic mass is 35.5. The average molecular weight is 289 g/mol. The third-order valence-electron chi connectivity index (χ3n) is 3.21. The maximum Gasteiger partial charge on any atom is 0.0485 e. The largest absolute Gasteiger partial charge is 0.379 e. The highest BCUT2D eigenvalue weighted by molar-refractivity contribution is 6.30. The molecule has 1 N–H and O–H groups in total. The van der Waals surface area contributed by atoms with Crippen molar-refractivity contribution in [1.29, 1.82) is 0 Å². The van der Waals surface area contributed by atoms with Crippen molar-refractivity contribution in [2.24, 2.45) is 0 Å². The highest BCUT2D eigenvalue weighted by Gasteiger charge is 2.05. The SMILES string of the molecule is CC(Nc1ccc(CN(C)C)cc1)c1ccc(Cl)cc1. The number of anilines is 1. The normalized spacial score (nSPS) is 12.4. The Hall–Kier alpha value is -1.51. The minimum atomic E-state index is 0.256. The zero-order chi connectivity index (χ0) is 14.5. The monoisotopic (exact) mass is 288 g/mol. The molecule has 0 aliphatic heterocycles. The number of benzene rings is 2. The van der Waals surface area contributed by atoms with Crippen molar-refractivity contribution in [3.8, 4) is 0 Å². The zero-order valence-electron chi connectivity index (χ0n) is 12.2. The lowest BCUT2D eigenvalue weighted by Gasteiger charge is -2.16. The molecule has 0 aromatic heterocycles. The van der Waals surface area contributed by atoms with Gasteiger partial charge in [-0.25, -0.2) is 0 Å². The summed E-state index contributed by atoms with van der Waals surface area (Å²) in [5.41, 5.74) is 3.68. The second kappa shape index (κ2) is 6.78. The third kappa shape index (κ3) is 4.26. The van der Waals surface area contributed by atoms with Crippen LogP contribution in [0.4, 0.5) is 5.69 Å². The fourth-order valence-electron chi connectivity index (χ4n) is 2.16. The van der Waals surface area contributed by atoms with Gasteiger partial charge < -0.3 is 10.2 Å². The molecule has 0 fully saturated rings. The molecule has 2 aromatic carbocycles. The molecule has 0 aliphatic carbocycles. The summed E-state index contributed by atoms with van der Waals surface area (Å²) in [6.07, 6.45) is 0. The van der Waals surface area contributed by atoms with E-state index in [1.165, 1.54) is 11.1 Å². The molecule has 0 aliphatic rings. The molecule has 0 radical (unpaired) electrons. The lowest BCUT2D eigenvalue weighted by atomic mass is 10.1. The fraction of sp³-hybridized carbons (Fsp3) is 0.294. The predicted molar refractivity (Wildman–Crippen MR) is 87.3 cm³/mol. The smallest absolute Gasteiger partial charge is 0.0485 e. The second-order valence-corrected chi connectivity index (χ2v) is 5.79. The molecule has 3 heteroatoms. The Bertz CT molecular complexity index is 532. The van der Waals surface area contributed by atoms with E-state index in [0.717, 1.165) is 17.3 Å². The number of halogens is 1. The van der Waals surface area contributed by atoms with E-state index < -0.39 is 0 Å². The van der Waals surface area contributed by atoms with Crippen molar-refractivity contribution in [2.45, 2.75) is 19.5 Å². The molecule has 106 valence electrons. The van der Waals surface area contributed by atoms with Crippen molar-refractivity contribution in [2.75, 3.05) is 19.4 Å². The average Bonchev–Trinajstić information content (AvgIpc) is 2.41. The van der Waals surface area contributed by atoms with Crippen LogP contribution in [-0.4, -0.2) is 19.0 Å². The van der Waals surface area contributed by atoms with Crippen LogP contribution in [0.2, 0.25) is 5.02 Å². The summed E-state index contributed by atoms with van der Waals surface area (Å²) in [7, 11) is 4.16. The molecule has 0 spiro atoms. The molecule has 0 saturated heterocycles. The van der Waals surface area contributed by atoms with E-state index in [1.54, 1.807) is 0 Å². The van der Waals surface area contributed by atoms with Crippen LogP contribution >= 0.6 is 11.6 Å². The number of rotatable bonds is 5. The molecule has 1 unspecified atom stereocenters. The van der Waals surface area contributed by atoms with Crippen molar-refractivity contribution >= 4 is 17.3 Å². The van der Waals surface area contributed by atoms with Crippen LogP contribution in [0.25, 0.3) is 0 Å². The molecule has 0 bridgehead atoms. The standard InChI is InChI=1S/C17H21ClN2/c1-13(15-6-8-16(18)9-7-15)19-17-10-4-14(5-11-17)12-20(2)3/h4-11,13,19H,12H2,1-3H3. The maximum atomic E-state index is 5.91. The van der Waals surface area contributed by atoms with Gasteiger partial charge in [-0.15, -0.1) is 0 Å². The minimum absolute atomic E-state index is 0.256. The highest BCUT2D eigenvalue weighted by Crippen LogP contribution is 2.21. The van der Waals surface area contributed by atoms with Crippen LogP contribution < -0.4 is 5.32 Å². The number of nitrogens with one attached hydrogen (secondary N) is 1. The number of hydrogen-bond acceptors (Lipinski definition) is 2. The van der Waals surface area contributed by atoms with E-state index in [9.17, 15) is 0 Å². The van der Waals surface area contributed by atoms with Crippen molar-refractivity contribution < 1.29 is 0 Å². The van der Waals surface area contributed by atoms with Gasteiger partial charge in [0.05, 0.1) is 0 Å². The summed E-state index contributed by atoms with van der Waals surface area (Å²) < 4.78 is 0. The molecule has 0 amide bonds. The van der Waals surface area contributed by atoms with Crippen molar-refractivity contribution in [3.05, 3.63) is 64.7 Å². The summed E-state index contributed by atoms with van der Waals surface area (Å²) in [5, 5.41) is 4.27. The van der Waals surface area contributed by atoms with Gasteiger partial charge in [0.15, 0.2) is 0 Å². The van der Waals surface area contributed by atoms with Crippen LogP contribution in [0.5, 0.6) is 0 Å². The number of hydrogen-bond donors (Lipinski definition) is 1. The topological polar surface area (TPSA) is 15.3 Å². The van der Waals surface area contributed by atoms with Crippen LogP contribution in [-0.2, 0) is 6.54 Å². The van der Waals surface area contributed by atoms with Gasteiger partial charge in [0.25, 0.3) is 0 Å². The van der Waals surface area contributed by atoms with Crippen LogP contribution in [0.1, 0.15) is 24.1 Å². The fourth-order valence-corrected chi connectivity index (χ4v) is 2.28. The Morgan fingerprint density at radius 3 is 2.15 bits per heavy atom. The van der Waals surface area contributed by atoms with Crippen LogP contribution in [0, 0.1) is 0 Å². The summed E-state index contributed by atoms with van der Waals surface area (Å²) in [5.74, 6) is 0. The van der Waals surface area contributed by atoms with Crippen molar-refractivity contribution in [1.82, 2.24) is 4.90 Å². The van der Waals surface area contributed by atoms with Gasteiger partial charge >= 0.3 is 0 Å². The summed E-state index contributed by atoms with van der Waals surface area (Å²) in [6, 6.07) is 16.8. The number of nitrogens with zero attached hydrogens (tertiary/aromatic N) is 1. The van der Waals surface area contributed by atoms with E-state index in [4.69, 9.17) is 11.6 Å². The Morgan fingerprint density at radius 1 is 1.00 bits per heavy atom. The van der Waals surface area contributed by atoms with E-state index in [0.29, 0.717) is 0 Å². The van der Waals surface area contributed by atoms with Crippen LogP contribution in [0.15, 0.2) is 48.5 Å². The van der Waals surface area contributed by atoms with Gasteiger partial charge in [-0.1, -0.05) is 35.9 Å². The summed E-state index contributed by atoms with van der Waals surface area (Å²) in [4.78, 5) is 2.17. The van der Waals surface area contributed by atoms with E-state index in [2.05, 4.69) is 67.6 Å². The molecular formula is C17H21ClN2. The first-order chi connectivity index (χ1) is 9.54. The Balaban J connectivity index is 2.00. The molecule has 0 saturated carbocycles. The Kier molecular flexibility index (Phi) is 5.05. The lowest BCUT2D eigenvalue weighted by molar-refractivity contribution is 0.402. The summed E-state index contributed by atoms with van der Waals surface area (Å²) in [6.45, 7) is 3.12. The molecule has 0 heterocycles. The van der Waals surface area contributed by atoms with Crippen LogP contribution in [0.3, 0.4) is 0 Å². The van der Waals surface area contributed by atoms with Gasteiger partial charge in [0.2, 0.25) is 0 Å². The second-order valence-electron chi connectivity index (χ2n) is 5.35. The van der Waals surface area contributed by atoms with E-state index in [1.807, 2.05) is 12.1 Å². The molecule has 2 nitrogen and oxygen atoms in total. The molecule has 1 atom stereocenters. The third-order valence-corrected chi connectivity index (χ3v) is 3.46.